The van der Waals surface area contributed by atoms with Crippen LogP contribution in [-0.4, -0.2) is 43.9 Å². The van der Waals surface area contributed by atoms with Crippen molar-refractivity contribution in [2.24, 2.45) is 11.7 Å². The van der Waals surface area contributed by atoms with Gasteiger partial charge in [0, 0.05) is 18.5 Å². The van der Waals surface area contributed by atoms with Crippen LogP contribution >= 0.6 is 0 Å². The number of hydrogen-bond acceptors (Lipinski definition) is 5. The van der Waals surface area contributed by atoms with E-state index in [1.165, 1.54) is 4.31 Å². The number of sulfonamides is 1. The molecule has 1 atom stereocenters. The normalized spacial score (nSPS) is 19.0. The van der Waals surface area contributed by atoms with E-state index in [9.17, 15) is 18.0 Å². The topological polar surface area (TPSA) is 123 Å². The highest BCUT2D eigenvalue weighted by Crippen LogP contribution is 2.31. The van der Waals surface area contributed by atoms with Crippen molar-refractivity contribution in [3.8, 4) is 0 Å². The van der Waals surface area contributed by atoms with E-state index in [0.717, 1.165) is 6.26 Å². The fourth-order valence-corrected chi connectivity index (χ4v) is 3.94. The largest absolute Gasteiger partial charge is 0.449 e. The van der Waals surface area contributed by atoms with E-state index in [2.05, 4.69) is 5.32 Å². The number of para-hydroxylation sites is 1. The number of furan rings is 1. The summed E-state index contributed by atoms with van der Waals surface area (Å²) in [6, 6.07) is 6.88. The fraction of sp³-hybridized carbons (Fsp3) is 0.375. The zero-order valence-electron chi connectivity index (χ0n) is 13.7. The quantitative estimate of drug-likeness (QED) is 0.841. The molecule has 0 unspecified atom stereocenters. The fourth-order valence-electron chi connectivity index (χ4n) is 3.03. The van der Waals surface area contributed by atoms with E-state index in [-0.39, 0.29) is 23.9 Å². The summed E-state index contributed by atoms with van der Waals surface area (Å²) < 4.78 is 30.1. The standard InChI is InChI=1S/C16H19N3O5S/c1-25(22,23)19-8-4-5-10(9-19)16(21)18-13-11-6-2-3-7-12(11)24-14(13)15(17)20/h2-3,6-7,10H,4-5,8-9H2,1H3,(H2,17,20)(H,18,21)/t10-/m1/s1. The Balaban J connectivity index is 1.87. The number of benzene rings is 1. The first kappa shape index (κ1) is 17.4. The van der Waals surface area contributed by atoms with Crippen molar-refractivity contribution < 1.29 is 22.4 Å². The molecule has 1 fully saturated rings. The number of nitrogens with one attached hydrogen (secondary N) is 1. The highest BCUT2D eigenvalue weighted by atomic mass is 32.2. The van der Waals surface area contributed by atoms with Crippen LogP contribution in [0.3, 0.4) is 0 Å². The predicted molar refractivity (Wildman–Crippen MR) is 92.5 cm³/mol. The number of fused-ring (bicyclic) bond motifs is 1. The number of amides is 2. The molecule has 3 N–H and O–H groups in total. The average Bonchev–Trinajstić information content (AvgIpc) is 2.93. The van der Waals surface area contributed by atoms with Crippen LogP contribution in [0.25, 0.3) is 11.0 Å². The van der Waals surface area contributed by atoms with Gasteiger partial charge in [-0.05, 0) is 25.0 Å². The summed E-state index contributed by atoms with van der Waals surface area (Å²) in [5.41, 5.74) is 6.00. The summed E-state index contributed by atoms with van der Waals surface area (Å²) in [7, 11) is -3.35. The van der Waals surface area contributed by atoms with Gasteiger partial charge in [0.05, 0.1) is 12.2 Å². The molecule has 2 heterocycles. The molecule has 0 radical (unpaired) electrons. The second-order valence-electron chi connectivity index (χ2n) is 6.12. The van der Waals surface area contributed by atoms with E-state index < -0.39 is 21.8 Å². The van der Waals surface area contributed by atoms with Gasteiger partial charge in [0.1, 0.15) is 11.3 Å². The minimum atomic E-state index is -3.35. The summed E-state index contributed by atoms with van der Waals surface area (Å²) in [6.07, 6.45) is 2.29. The molecule has 3 rings (SSSR count). The van der Waals surface area contributed by atoms with Crippen LogP contribution in [0.2, 0.25) is 0 Å². The van der Waals surface area contributed by atoms with E-state index in [4.69, 9.17) is 10.2 Å². The predicted octanol–water partition coefficient (Wildman–Crippen LogP) is 1.14. The van der Waals surface area contributed by atoms with Crippen LogP contribution in [0.15, 0.2) is 28.7 Å². The van der Waals surface area contributed by atoms with Gasteiger partial charge in [-0.15, -0.1) is 0 Å². The first-order valence-corrected chi connectivity index (χ1v) is 9.69. The lowest BCUT2D eigenvalue weighted by atomic mass is 9.98. The molecule has 0 spiro atoms. The Bertz CT molecular complexity index is 934. The smallest absolute Gasteiger partial charge is 0.286 e. The molecule has 0 aliphatic carbocycles. The summed E-state index contributed by atoms with van der Waals surface area (Å²) in [5, 5.41) is 3.27. The number of carbonyl (C=O) groups excluding carboxylic acids is 2. The Morgan fingerprint density at radius 1 is 1.32 bits per heavy atom. The lowest BCUT2D eigenvalue weighted by Gasteiger charge is -2.30. The molecule has 2 aromatic rings. The Hall–Kier alpha value is -2.39. The molecule has 0 saturated carbocycles. The van der Waals surface area contributed by atoms with Crippen molar-refractivity contribution in [1.29, 1.82) is 0 Å². The molecule has 2 amide bonds. The third-order valence-electron chi connectivity index (χ3n) is 4.29. The third kappa shape index (κ3) is 3.52. The van der Waals surface area contributed by atoms with Gasteiger partial charge in [-0.2, -0.15) is 0 Å². The zero-order chi connectivity index (χ0) is 18.2. The van der Waals surface area contributed by atoms with Crippen molar-refractivity contribution in [1.82, 2.24) is 4.31 Å². The van der Waals surface area contributed by atoms with Gasteiger partial charge >= 0.3 is 0 Å². The molecule has 25 heavy (non-hydrogen) atoms. The number of anilines is 1. The Kier molecular flexibility index (Phi) is 4.53. The number of nitrogens with two attached hydrogens (primary N) is 1. The Labute approximate surface area is 145 Å². The summed E-state index contributed by atoms with van der Waals surface area (Å²) >= 11 is 0. The highest BCUT2D eigenvalue weighted by Gasteiger charge is 2.31. The second-order valence-corrected chi connectivity index (χ2v) is 8.10. The maximum atomic E-state index is 12.6. The highest BCUT2D eigenvalue weighted by molar-refractivity contribution is 7.88. The minimum absolute atomic E-state index is 0.117. The number of primary amides is 1. The van der Waals surface area contributed by atoms with Crippen molar-refractivity contribution in [3.63, 3.8) is 0 Å². The molecule has 1 saturated heterocycles. The SMILES string of the molecule is CS(=O)(=O)N1CCC[C@@H](C(=O)Nc2c(C(N)=O)oc3ccccc23)C1. The molecule has 1 aromatic carbocycles. The summed E-state index contributed by atoms with van der Waals surface area (Å²) in [5.74, 6) is -1.77. The van der Waals surface area contributed by atoms with Gasteiger partial charge in [0.25, 0.3) is 5.91 Å². The molecule has 0 bridgehead atoms. The van der Waals surface area contributed by atoms with Gasteiger partial charge in [-0.3, -0.25) is 9.59 Å². The van der Waals surface area contributed by atoms with Crippen LogP contribution in [0.5, 0.6) is 0 Å². The molecular weight excluding hydrogens is 346 g/mol. The van der Waals surface area contributed by atoms with E-state index in [1.807, 2.05) is 0 Å². The lowest BCUT2D eigenvalue weighted by molar-refractivity contribution is -0.120. The van der Waals surface area contributed by atoms with Gasteiger partial charge in [0.2, 0.25) is 21.7 Å². The number of hydrogen-bond donors (Lipinski definition) is 2. The van der Waals surface area contributed by atoms with Gasteiger partial charge in [0.15, 0.2) is 0 Å². The maximum Gasteiger partial charge on any atom is 0.286 e. The lowest BCUT2D eigenvalue weighted by Crippen LogP contribution is -2.43. The average molecular weight is 365 g/mol. The zero-order valence-corrected chi connectivity index (χ0v) is 14.5. The van der Waals surface area contributed by atoms with E-state index in [1.54, 1.807) is 24.3 Å². The number of carbonyl (C=O) groups is 2. The Morgan fingerprint density at radius 3 is 2.72 bits per heavy atom. The molecule has 1 aromatic heterocycles. The molecule has 8 nitrogen and oxygen atoms in total. The first-order valence-electron chi connectivity index (χ1n) is 7.84. The summed E-state index contributed by atoms with van der Waals surface area (Å²) in [6.45, 7) is 0.524. The van der Waals surface area contributed by atoms with Gasteiger partial charge in [-0.25, -0.2) is 12.7 Å². The van der Waals surface area contributed by atoms with Crippen LogP contribution in [-0.2, 0) is 14.8 Å². The third-order valence-corrected chi connectivity index (χ3v) is 5.56. The first-order chi connectivity index (χ1) is 11.8. The number of piperidine rings is 1. The van der Waals surface area contributed by atoms with Crippen LogP contribution in [0, 0.1) is 5.92 Å². The number of rotatable bonds is 4. The minimum Gasteiger partial charge on any atom is -0.449 e. The second kappa shape index (κ2) is 6.49. The Morgan fingerprint density at radius 2 is 2.04 bits per heavy atom. The van der Waals surface area contributed by atoms with Crippen molar-refractivity contribution in [3.05, 3.63) is 30.0 Å². The van der Waals surface area contributed by atoms with Crippen molar-refractivity contribution in [2.75, 3.05) is 24.7 Å². The van der Waals surface area contributed by atoms with Crippen LogP contribution in [0.1, 0.15) is 23.4 Å². The van der Waals surface area contributed by atoms with Crippen LogP contribution < -0.4 is 11.1 Å². The molecule has 1 aliphatic heterocycles. The number of nitrogens with zero attached hydrogens (tertiary/aromatic N) is 1. The molecule has 9 heteroatoms. The monoisotopic (exact) mass is 365 g/mol. The van der Waals surface area contributed by atoms with E-state index >= 15 is 0 Å². The van der Waals surface area contributed by atoms with Gasteiger partial charge < -0.3 is 15.5 Å². The molecule has 134 valence electrons. The van der Waals surface area contributed by atoms with Crippen LogP contribution in [0.4, 0.5) is 5.69 Å². The maximum absolute atomic E-state index is 12.6. The van der Waals surface area contributed by atoms with E-state index in [0.29, 0.717) is 30.4 Å². The van der Waals surface area contributed by atoms with Crippen molar-refractivity contribution in [2.45, 2.75) is 12.8 Å². The molecule has 1 aliphatic rings. The van der Waals surface area contributed by atoms with Gasteiger partial charge in [-0.1, -0.05) is 12.1 Å². The van der Waals surface area contributed by atoms with Crippen molar-refractivity contribution >= 4 is 38.5 Å². The summed E-state index contributed by atoms with van der Waals surface area (Å²) in [4.78, 5) is 24.3. The molecular formula is C16H19N3O5S.